The van der Waals surface area contributed by atoms with Crippen LogP contribution in [0.25, 0.3) is 10.9 Å². The topological polar surface area (TPSA) is 77.8 Å². The van der Waals surface area contributed by atoms with Gasteiger partial charge in [0.15, 0.2) is 0 Å². The van der Waals surface area contributed by atoms with Crippen LogP contribution in [-0.2, 0) is 4.79 Å². The Morgan fingerprint density at radius 2 is 1.81 bits per heavy atom. The molecule has 0 saturated heterocycles. The van der Waals surface area contributed by atoms with Crippen molar-refractivity contribution in [1.82, 2.24) is 10.3 Å². The summed E-state index contributed by atoms with van der Waals surface area (Å²) in [5.74, 6) is 3.28. The third-order valence-corrected chi connectivity index (χ3v) is 8.08. The summed E-state index contributed by atoms with van der Waals surface area (Å²) in [4.78, 5) is 17.8. The molecule has 4 saturated carbocycles. The number of nitriles is 1. The summed E-state index contributed by atoms with van der Waals surface area (Å²) in [6.07, 6.45) is 8.20. The average Bonchev–Trinajstić information content (AvgIpc) is 2.75. The van der Waals surface area contributed by atoms with Crippen molar-refractivity contribution < 1.29 is 4.79 Å². The zero-order valence-electron chi connectivity index (χ0n) is 18.6. The van der Waals surface area contributed by atoms with Crippen LogP contribution in [0, 0.1) is 48.3 Å². The zero-order chi connectivity index (χ0) is 21.6. The fraction of sp³-hybridized carbons (Fsp3) is 0.577. The van der Waals surface area contributed by atoms with Gasteiger partial charge in [-0.15, -0.1) is 0 Å². The van der Waals surface area contributed by atoms with Gasteiger partial charge in [-0.1, -0.05) is 12.1 Å². The van der Waals surface area contributed by atoms with Crippen LogP contribution in [-0.4, -0.2) is 24.0 Å². The summed E-state index contributed by atoms with van der Waals surface area (Å²) in [5.41, 5.74) is 3.77. The number of pyridine rings is 1. The molecular formula is C26H32N4O. The zero-order valence-corrected chi connectivity index (χ0v) is 18.6. The summed E-state index contributed by atoms with van der Waals surface area (Å²) in [7, 11) is 0. The van der Waals surface area contributed by atoms with Gasteiger partial charge in [0.2, 0.25) is 5.91 Å². The Hall–Kier alpha value is -2.61. The summed E-state index contributed by atoms with van der Waals surface area (Å²) >= 11 is 0. The number of aryl methyl sites for hydroxylation is 2. The number of fused-ring (bicyclic) bond motifs is 1. The molecule has 0 spiro atoms. The number of hydrogen-bond acceptors (Lipinski definition) is 4. The standard InChI is InChI=1S/C26H32N4O/c1-16-4-5-21-11-22(15-27)24(30-23(21)17(16)2)28-6-3-7-29-25(31)26-12-18-8-19(13-26)10-20(9-18)14-26/h4-5,11,18-20H,3,6-10,12-14H2,1-2H3,(H,28,30)(H,29,31). The van der Waals surface area contributed by atoms with Gasteiger partial charge in [0.05, 0.1) is 11.1 Å². The van der Waals surface area contributed by atoms with Crippen LogP contribution < -0.4 is 10.6 Å². The van der Waals surface area contributed by atoms with Crippen molar-refractivity contribution in [2.24, 2.45) is 23.2 Å². The Bertz CT molecular complexity index is 1030. The predicted octanol–water partition coefficient (Wildman–Crippen LogP) is 4.86. The van der Waals surface area contributed by atoms with Crippen molar-refractivity contribution >= 4 is 22.6 Å². The highest BCUT2D eigenvalue weighted by atomic mass is 16.2. The normalized spacial score (nSPS) is 28.5. The molecule has 6 rings (SSSR count). The van der Waals surface area contributed by atoms with Crippen LogP contribution in [0.5, 0.6) is 0 Å². The molecule has 162 valence electrons. The van der Waals surface area contributed by atoms with Gasteiger partial charge < -0.3 is 10.6 Å². The fourth-order valence-electron chi connectivity index (χ4n) is 6.78. The van der Waals surface area contributed by atoms with E-state index < -0.39 is 0 Å². The van der Waals surface area contributed by atoms with E-state index in [1.165, 1.54) is 24.8 Å². The lowest BCUT2D eigenvalue weighted by molar-refractivity contribution is -0.146. The first-order valence-corrected chi connectivity index (χ1v) is 11.8. The Labute approximate surface area is 184 Å². The van der Waals surface area contributed by atoms with E-state index in [0.717, 1.165) is 59.9 Å². The number of carbonyl (C=O) groups excluding carboxylic acids is 1. The van der Waals surface area contributed by atoms with Gasteiger partial charge in [-0.3, -0.25) is 4.79 Å². The lowest BCUT2D eigenvalue weighted by Crippen LogP contribution is -2.53. The number of rotatable bonds is 6. The minimum Gasteiger partial charge on any atom is -0.369 e. The molecule has 4 fully saturated rings. The monoisotopic (exact) mass is 416 g/mol. The second-order valence-corrected chi connectivity index (χ2v) is 10.3. The number of nitrogens with one attached hydrogen (secondary N) is 2. The first-order valence-electron chi connectivity index (χ1n) is 11.8. The maximum atomic E-state index is 13.1. The van der Waals surface area contributed by atoms with E-state index in [2.05, 4.69) is 36.6 Å². The predicted molar refractivity (Wildman–Crippen MR) is 123 cm³/mol. The van der Waals surface area contributed by atoms with Gasteiger partial charge in [0.25, 0.3) is 0 Å². The molecule has 1 heterocycles. The number of hydrogen-bond donors (Lipinski definition) is 2. The molecule has 1 amide bonds. The molecular weight excluding hydrogens is 384 g/mol. The van der Waals surface area contributed by atoms with Crippen molar-refractivity contribution in [1.29, 1.82) is 5.26 Å². The molecule has 4 bridgehead atoms. The molecule has 2 N–H and O–H groups in total. The molecule has 5 nitrogen and oxygen atoms in total. The van der Waals surface area contributed by atoms with Crippen LogP contribution in [0.4, 0.5) is 5.82 Å². The van der Waals surface area contributed by atoms with E-state index >= 15 is 0 Å². The number of nitrogens with zero attached hydrogens (tertiary/aromatic N) is 2. The van der Waals surface area contributed by atoms with Crippen molar-refractivity contribution in [3.8, 4) is 6.07 Å². The Morgan fingerprint density at radius 3 is 2.45 bits per heavy atom. The highest BCUT2D eigenvalue weighted by Gasteiger charge is 2.54. The minimum atomic E-state index is -0.0779. The van der Waals surface area contributed by atoms with Crippen molar-refractivity contribution in [3.63, 3.8) is 0 Å². The number of benzene rings is 1. The largest absolute Gasteiger partial charge is 0.369 e. The third kappa shape index (κ3) is 3.67. The van der Waals surface area contributed by atoms with Gasteiger partial charge in [0, 0.05) is 23.9 Å². The van der Waals surface area contributed by atoms with E-state index in [1.807, 2.05) is 12.1 Å². The van der Waals surface area contributed by atoms with E-state index in [1.54, 1.807) is 0 Å². The van der Waals surface area contributed by atoms with Gasteiger partial charge in [-0.05, 0) is 93.7 Å². The van der Waals surface area contributed by atoms with Crippen LogP contribution in [0.15, 0.2) is 18.2 Å². The van der Waals surface area contributed by atoms with Gasteiger partial charge in [-0.2, -0.15) is 5.26 Å². The van der Waals surface area contributed by atoms with Crippen LogP contribution in [0.3, 0.4) is 0 Å². The Morgan fingerprint density at radius 1 is 1.13 bits per heavy atom. The van der Waals surface area contributed by atoms with E-state index in [-0.39, 0.29) is 5.41 Å². The smallest absolute Gasteiger partial charge is 0.226 e. The van der Waals surface area contributed by atoms with Crippen molar-refractivity contribution in [3.05, 3.63) is 34.9 Å². The second kappa shape index (κ2) is 7.82. The SMILES string of the molecule is Cc1ccc2cc(C#N)c(NCCCNC(=O)C34CC5CC(CC(C5)C3)C4)nc2c1C. The van der Waals surface area contributed by atoms with E-state index in [9.17, 15) is 10.1 Å². The van der Waals surface area contributed by atoms with Crippen molar-refractivity contribution in [2.45, 2.75) is 58.8 Å². The van der Waals surface area contributed by atoms with Gasteiger partial charge in [-0.25, -0.2) is 4.98 Å². The molecule has 0 atom stereocenters. The summed E-state index contributed by atoms with van der Waals surface area (Å²) in [6.45, 7) is 5.50. The number of aromatic nitrogens is 1. The molecule has 5 heteroatoms. The fourth-order valence-corrected chi connectivity index (χ4v) is 6.78. The molecule has 2 aromatic rings. The third-order valence-electron chi connectivity index (χ3n) is 8.08. The van der Waals surface area contributed by atoms with E-state index in [4.69, 9.17) is 4.98 Å². The lowest BCUT2D eigenvalue weighted by atomic mass is 9.49. The van der Waals surface area contributed by atoms with E-state index in [0.29, 0.717) is 30.4 Å². The molecule has 4 aliphatic carbocycles. The first kappa shape index (κ1) is 20.3. The quantitative estimate of drug-likeness (QED) is 0.660. The molecule has 0 aliphatic heterocycles. The highest BCUT2D eigenvalue weighted by Crippen LogP contribution is 2.60. The average molecular weight is 417 g/mol. The Balaban J connectivity index is 1.18. The summed E-state index contributed by atoms with van der Waals surface area (Å²) in [6, 6.07) is 8.26. The van der Waals surface area contributed by atoms with Crippen molar-refractivity contribution in [2.75, 3.05) is 18.4 Å². The summed E-state index contributed by atoms with van der Waals surface area (Å²) < 4.78 is 0. The Kier molecular flexibility index (Phi) is 5.12. The highest BCUT2D eigenvalue weighted by molar-refractivity contribution is 5.86. The van der Waals surface area contributed by atoms with Crippen LogP contribution in [0.2, 0.25) is 0 Å². The molecule has 1 aromatic carbocycles. The number of carbonyl (C=O) groups is 1. The van der Waals surface area contributed by atoms with Gasteiger partial charge in [0.1, 0.15) is 11.9 Å². The van der Waals surface area contributed by atoms with Gasteiger partial charge >= 0.3 is 0 Å². The van der Waals surface area contributed by atoms with Crippen LogP contribution in [0.1, 0.15) is 61.6 Å². The first-order chi connectivity index (χ1) is 15.0. The molecule has 1 aromatic heterocycles. The molecule has 31 heavy (non-hydrogen) atoms. The molecule has 4 aliphatic rings. The number of anilines is 1. The molecule has 0 unspecified atom stereocenters. The van der Waals surface area contributed by atoms with Crippen LogP contribution >= 0.6 is 0 Å². The minimum absolute atomic E-state index is 0.0779. The molecule has 0 radical (unpaired) electrons. The second-order valence-electron chi connectivity index (χ2n) is 10.3. The maximum Gasteiger partial charge on any atom is 0.226 e. The maximum absolute atomic E-state index is 13.1. The lowest BCUT2D eigenvalue weighted by Gasteiger charge is -2.55. The summed E-state index contributed by atoms with van der Waals surface area (Å²) in [5, 5.41) is 17.1. The number of amides is 1.